The third-order valence-corrected chi connectivity index (χ3v) is 1.94. The van der Waals surface area contributed by atoms with Crippen LogP contribution in [0, 0.1) is 5.92 Å². The van der Waals surface area contributed by atoms with Crippen molar-refractivity contribution in [3.05, 3.63) is 18.5 Å². The van der Waals surface area contributed by atoms with Crippen LogP contribution < -0.4 is 16.6 Å². The smallest absolute Gasteiger partial charge is 0.205 e. The van der Waals surface area contributed by atoms with Crippen molar-refractivity contribution in [1.82, 2.24) is 20.5 Å². The van der Waals surface area contributed by atoms with Crippen LogP contribution in [-0.4, -0.2) is 28.8 Å². The minimum Gasteiger partial charge on any atom is -0.353 e. The highest BCUT2D eigenvalue weighted by atomic mass is 15.3. The molecule has 0 bridgehead atoms. The molecule has 1 heterocycles. The van der Waals surface area contributed by atoms with E-state index in [0.717, 1.165) is 19.6 Å². The molecule has 90 valence electrons. The van der Waals surface area contributed by atoms with Gasteiger partial charge in [-0.25, -0.2) is 5.84 Å². The SMILES string of the molecule is CC(C)CN=C(NN)NCCn1cccn1. The average molecular weight is 224 g/mol. The van der Waals surface area contributed by atoms with E-state index in [0.29, 0.717) is 11.9 Å². The lowest BCUT2D eigenvalue weighted by molar-refractivity contribution is 0.595. The number of aromatic nitrogens is 2. The molecule has 0 aliphatic heterocycles. The number of guanidine groups is 1. The van der Waals surface area contributed by atoms with Crippen LogP contribution in [0.25, 0.3) is 0 Å². The molecule has 0 aliphatic carbocycles. The van der Waals surface area contributed by atoms with E-state index in [2.05, 4.69) is 34.7 Å². The van der Waals surface area contributed by atoms with Crippen LogP contribution in [0.15, 0.2) is 23.5 Å². The van der Waals surface area contributed by atoms with Crippen LogP contribution in [0.4, 0.5) is 0 Å². The molecule has 0 amide bonds. The van der Waals surface area contributed by atoms with Gasteiger partial charge in [-0.05, 0) is 12.0 Å². The fraction of sp³-hybridized carbons (Fsp3) is 0.600. The lowest BCUT2D eigenvalue weighted by atomic mass is 10.2. The zero-order valence-corrected chi connectivity index (χ0v) is 9.85. The Morgan fingerprint density at radius 1 is 1.56 bits per heavy atom. The van der Waals surface area contributed by atoms with Gasteiger partial charge in [-0.3, -0.25) is 15.1 Å². The lowest BCUT2D eigenvalue weighted by Gasteiger charge is -2.09. The summed E-state index contributed by atoms with van der Waals surface area (Å²) in [5.41, 5.74) is 2.55. The Kier molecular flexibility index (Phi) is 5.35. The zero-order valence-electron chi connectivity index (χ0n) is 9.85. The van der Waals surface area contributed by atoms with Crippen LogP contribution in [0.5, 0.6) is 0 Å². The second kappa shape index (κ2) is 6.84. The maximum atomic E-state index is 5.35. The van der Waals surface area contributed by atoms with Gasteiger partial charge in [0.2, 0.25) is 5.96 Å². The summed E-state index contributed by atoms with van der Waals surface area (Å²) in [5, 5.41) is 7.21. The molecule has 0 atom stereocenters. The summed E-state index contributed by atoms with van der Waals surface area (Å²) < 4.78 is 1.85. The first-order valence-corrected chi connectivity index (χ1v) is 5.44. The molecular formula is C10H20N6. The average Bonchev–Trinajstić information content (AvgIpc) is 2.75. The molecule has 16 heavy (non-hydrogen) atoms. The molecule has 0 spiro atoms. The number of hydrazine groups is 1. The molecule has 6 heteroatoms. The number of nitrogens with one attached hydrogen (secondary N) is 2. The molecule has 0 unspecified atom stereocenters. The van der Waals surface area contributed by atoms with Crippen molar-refractivity contribution in [2.45, 2.75) is 20.4 Å². The summed E-state index contributed by atoms with van der Waals surface area (Å²) in [7, 11) is 0. The molecule has 0 saturated heterocycles. The van der Waals surface area contributed by atoms with E-state index in [1.807, 2.05) is 16.9 Å². The first-order valence-electron chi connectivity index (χ1n) is 5.44. The molecule has 1 aromatic rings. The van der Waals surface area contributed by atoms with E-state index in [1.54, 1.807) is 6.20 Å². The summed E-state index contributed by atoms with van der Waals surface area (Å²) in [4.78, 5) is 4.30. The monoisotopic (exact) mass is 224 g/mol. The van der Waals surface area contributed by atoms with Crippen LogP contribution in [0.2, 0.25) is 0 Å². The van der Waals surface area contributed by atoms with Gasteiger partial charge in [0.05, 0.1) is 6.54 Å². The predicted molar refractivity (Wildman–Crippen MR) is 64.7 cm³/mol. The van der Waals surface area contributed by atoms with Crippen molar-refractivity contribution >= 4 is 5.96 Å². The van der Waals surface area contributed by atoms with Crippen molar-refractivity contribution in [2.24, 2.45) is 16.8 Å². The van der Waals surface area contributed by atoms with Crippen molar-refractivity contribution in [2.75, 3.05) is 13.1 Å². The van der Waals surface area contributed by atoms with Crippen molar-refractivity contribution in [3.8, 4) is 0 Å². The Morgan fingerprint density at radius 2 is 2.38 bits per heavy atom. The van der Waals surface area contributed by atoms with E-state index >= 15 is 0 Å². The van der Waals surface area contributed by atoms with Crippen molar-refractivity contribution < 1.29 is 0 Å². The number of nitrogens with two attached hydrogens (primary N) is 1. The second-order valence-electron chi connectivity index (χ2n) is 3.92. The molecule has 4 N–H and O–H groups in total. The van der Waals surface area contributed by atoms with E-state index in [-0.39, 0.29) is 0 Å². The molecule has 0 aromatic carbocycles. The second-order valence-corrected chi connectivity index (χ2v) is 3.92. The van der Waals surface area contributed by atoms with Gasteiger partial charge in [0.1, 0.15) is 0 Å². The van der Waals surface area contributed by atoms with Crippen molar-refractivity contribution in [3.63, 3.8) is 0 Å². The van der Waals surface area contributed by atoms with Gasteiger partial charge in [-0.1, -0.05) is 13.8 Å². The quantitative estimate of drug-likeness (QED) is 0.283. The lowest BCUT2D eigenvalue weighted by Crippen LogP contribution is -2.43. The summed E-state index contributed by atoms with van der Waals surface area (Å²) in [6.07, 6.45) is 3.68. The minimum absolute atomic E-state index is 0.524. The fourth-order valence-electron chi connectivity index (χ4n) is 1.15. The molecule has 0 aliphatic rings. The normalized spacial score (nSPS) is 11.9. The number of rotatable bonds is 5. The van der Waals surface area contributed by atoms with E-state index < -0.39 is 0 Å². The predicted octanol–water partition coefficient (Wildman–Crippen LogP) is -0.0520. The topological polar surface area (TPSA) is 80.3 Å². The minimum atomic E-state index is 0.524. The third-order valence-electron chi connectivity index (χ3n) is 1.94. The van der Waals surface area contributed by atoms with Crippen LogP contribution in [-0.2, 0) is 6.54 Å². The van der Waals surface area contributed by atoms with Crippen LogP contribution in [0.3, 0.4) is 0 Å². The van der Waals surface area contributed by atoms with Gasteiger partial charge >= 0.3 is 0 Å². The molecule has 0 fully saturated rings. The molecule has 1 rings (SSSR count). The summed E-state index contributed by atoms with van der Waals surface area (Å²) >= 11 is 0. The molecule has 0 saturated carbocycles. The Balaban J connectivity index is 2.26. The van der Waals surface area contributed by atoms with Gasteiger partial charge in [0, 0.05) is 25.5 Å². The molecular weight excluding hydrogens is 204 g/mol. The fourth-order valence-corrected chi connectivity index (χ4v) is 1.15. The van der Waals surface area contributed by atoms with E-state index in [4.69, 9.17) is 5.84 Å². The first kappa shape index (κ1) is 12.5. The zero-order chi connectivity index (χ0) is 11.8. The molecule has 1 aromatic heterocycles. The molecule has 6 nitrogen and oxygen atoms in total. The largest absolute Gasteiger partial charge is 0.353 e. The Labute approximate surface area is 95.9 Å². The van der Waals surface area contributed by atoms with Gasteiger partial charge in [0.15, 0.2) is 0 Å². The van der Waals surface area contributed by atoms with Gasteiger partial charge in [0.25, 0.3) is 0 Å². The van der Waals surface area contributed by atoms with Crippen molar-refractivity contribution in [1.29, 1.82) is 0 Å². The standard InChI is InChI=1S/C10H20N6/c1-9(2)8-13-10(15-11)12-5-7-16-6-3-4-14-16/h3-4,6,9H,5,7-8,11H2,1-2H3,(H2,12,13,15). The van der Waals surface area contributed by atoms with E-state index in [1.165, 1.54) is 0 Å². The van der Waals surface area contributed by atoms with Crippen LogP contribution >= 0.6 is 0 Å². The Morgan fingerprint density at radius 3 is 2.94 bits per heavy atom. The highest BCUT2D eigenvalue weighted by molar-refractivity contribution is 5.79. The van der Waals surface area contributed by atoms with Gasteiger partial charge in [-0.2, -0.15) is 5.10 Å². The van der Waals surface area contributed by atoms with Gasteiger partial charge in [-0.15, -0.1) is 0 Å². The maximum absolute atomic E-state index is 5.35. The first-order chi connectivity index (χ1) is 7.72. The highest BCUT2D eigenvalue weighted by Gasteiger charge is 1.97. The number of hydrogen-bond acceptors (Lipinski definition) is 3. The Hall–Kier alpha value is -1.56. The number of aliphatic imine (C=N–C) groups is 1. The van der Waals surface area contributed by atoms with E-state index in [9.17, 15) is 0 Å². The van der Waals surface area contributed by atoms with Gasteiger partial charge < -0.3 is 5.32 Å². The highest BCUT2D eigenvalue weighted by Crippen LogP contribution is 1.90. The third kappa shape index (κ3) is 4.79. The summed E-state index contributed by atoms with van der Waals surface area (Å²) in [5.74, 6) is 6.50. The number of nitrogens with zero attached hydrogens (tertiary/aromatic N) is 3. The summed E-state index contributed by atoms with van der Waals surface area (Å²) in [6.45, 7) is 6.51. The summed E-state index contributed by atoms with van der Waals surface area (Å²) in [6, 6.07) is 1.90. The van der Waals surface area contributed by atoms with Crippen LogP contribution in [0.1, 0.15) is 13.8 Å². The number of hydrogen-bond donors (Lipinski definition) is 3. The maximum Gasteiger partial charge on any atom is 0.205 e. The Bertz CT molecular complexity index is 303. The molecule has 0 radical (unpaired) electrons.